The van der Waals surface area contributed by atoms with Crippen molar-refractivity contribution < 1.29 is 9.66 Å². The molecule has 0 aliphatic carbocycles. The molecule has 4 nitrogen and oxygen atoms in total. The van der Waals surface area contributed by atoms with E-state index in [4.69, 9.17) is 4.74 Å². The minimum atomic E-state index is -0.366. The fourth-order valence-electron chi connectivity index (χ4n) is 1.92. The van der Waals surface area contributed by atoms with Crippen LogP contribution in [0.5, 0.6) is 5.75 Å². The molecule has 0 aliphatic heterocycles. The minimum Gasteiger partial charge on any atom is -0.494 e. The van der Waals surface area contributed by atoms with Crippen LogP contribution in [0.25, 0.3) is 11.8 Å². The van der Waals surface area contributed by atoms with Crippen LogP contribution in [0.15, 0.2) is 54.6 Å². The van der Waals surface area contributed by atoms with E-state index in [9.17, 15) is 10.1 Å². The van der Waals surface area contributed by atoms with Gasteiger partial charge in [0.25, 0.3) is 5.70 Å². The molecule has 0 bridgehead atoms. The van der Waals surface area contributed by atoms with Gasteiger partial charge in [0.15, 0.2) is 0 Å². The van der Waals surface area contributed by atoms with Gasteiger partial charge in [0, 0.05) is 6.08 Å². The van der Waals surface area contributed by atoms with Crippen molar-refractivity contribution >= 4 is 11.8 Å². The molecule has 0 atom stereocenters. The summed E-state index contributed by atoms with van der Waals surface area (Å²) in [6.45, 7) is 2.66. The highest BCUT2D eigenvalue weighted by Gasteiger charge is 2.13. The Hall–Kier alpha value is -2.62. The van der Waals surface area contributed by atoms with E-state index in [1.54, 1.807) is 30.3 Å². The molecule has 21 heavy (non-hydrogen) atoms. The van der Waals surface area contributed by atoms with Crippen molar-refractivity contribution in [3.05, 3.63) is 75.8 Å². The van der Waals surface area contributed by atoms with Gasteiger partial charge in [0.2, 0.25) is 0 Å². The largest absolute Gasteiger partial charge is 0.494 e. The standard InChI is InChI=1S/C17H17NO3/c1-2-11-21-16-10-6-7-14(12-16)13-17(18(19)20)15-8-4-3-5-9-15/h3-10,12-13H,2,11H2,1H3. The Labute approximate surface area is 123 Å². The van der Waals surface area contributed by atoms with Gasteiger partial charge in [-0.05, 0) is 36.2 Å². The lowest BCUT2D eigenvalue weighted by Crippen LogP contribution is -1.98. The maximum absolute atomic E-state index is 11.3. The summed E-state index contributed by atoms with van der Waals surface area (Å²) in [4.78, 5) is 10.9. The van der Waals surface area contributed by atoms with E-state index in [0.717, 1.165) is 17.7 Å². The van der Waals surface area contributed by atoms with Gasteiger partial charge < -0.3 is 4.74 Å². The van der Waals surface area contributed by atoms with Gasteiger partial charge in [-0.2, -0.15) is 0 Å². The number of ether oxygens (including phenoxy) is 1. The molecule has 0 saturated carbocycles. The van der Waals surface area contributed by atoms with Crippen molar-refractivity contribution in [2.24, 2.45) is 0 Å². The number of hydrogen-bond donors (Lipinski definition) is 0. The van der Waals surface area contributed by atoms with E-state index in [2.05, 4.69) is 0 Å². The smallest absolute Gasteiger partial charge is 0.277 e. The van der Waals surface area contributed by atoms with Crippen molar-refractivity contribution in [3.8, 4) is 5.75 Å². The Morgan fingerprint density at radius 2 is 1.95 bits per heavy atom. The van der Waals surface area contributed by atoms with E-state index >= 15 is 0 Å². The second-order valence-electron chi connectivity index (χ2n) is 4.57. The van der Waals surface area contributed by atoms with Crippen molar-refractivity contribution in [2.75, 3.05) is 6.61 Å². The molecular weight excluding hydrogens is 266 g/mol. The Balaban J connectivity index is 2.33. The van der Waals surface area contributed by atoms with Gasteiger partial charge in [-0.25, -0.2) is 0 Å². The maximum atomic E-state index is 11.3. The highest BCUT2D eigenvalue weighted by Crippen LogP contribution is 2.21. The van der Waals surface area contributed by atoms with Crippen LogP contribution in [0.3, 0.4) is 0 Å². The highest BCUT2D eigenvalue weighted by atomic mass is 16.6. The molecule has 0 saturated heterocycles. The first kappa shape index (κ1) is 14.8. The third-order valence-electron chi connectivity index (χ3n) is 2.90. The summed E-state index contributed by atoms with van der Waals surface area (Å²) < 4.78 is 5.54. The van der Waals surface area contributed by atoms with E-state index in [0.29, 0.717) is 12.2 Å². The molecule has 2 rings (SSSR count). The zero-order valence-electron chi connectivity index (χ0n) is 11.9. The number of rotatable bonds is 6. The number of hydrogen-bond acceptors (Lipinski definition) is 3. The molecule has 0 radical (unpaired) electrons. The van der Waals surface area contributed by atoms with E-state index in [-0.39, 0.29) is 10.6 Å². The number of nitro groups is 1. The van der Waals surface area contributed by atoms with Crippen LogP contribution in [-0.4, -0.2) is 11.5 Å². The van der Waals surface area contributed by atoms with Crippen molar-refractivity contribution in [1.82, 2.24) is 0 Å². The molecule has 0 unspecified atom stereocenters. The van der Waals surface area contributed by atoms with Crippen molar-refractivity contribution in [3.63, 3.8) is 0 Å². The average molecular weight is 283 g/mol. The van der Waals surface area contributed by atoms with Crippen LogP contribution in [0.1, 0.15) is 24.5 Å². The summed E-state index contributed by atoms with van der Waals surface area (Å²) in [6, 6.07) is 16.2. The summed E-state index contributed by atoms with van der Waals surface area (Å²) in [6.07, 6.45) is 2.48. The Bertz CT molecular complexity index is 635. The van der Waals surface area contributed by atoms with E-state index in [1.807, 2.05) is 37.3 Å². The summed E-state index contributed by atoms with van der Waals surface area (Å²) in [7, 11) is 0. The molecule has 108 valence electrons. The molecule has 0 N–H and O–H groups in total. The van der Waals surface area contributed by atoms with Crippen LogP contribution in [0, 0.1) is 10.1 Å². The molecule has 0 amide bonds. The predicted octanol–water partition coefficient (Wildman–Crippen LogP) is 4.25. The molecule has 0 spiro atoms. The van der Waals surface area contributed by atoms with Crippen LogP contribution in [0.4, 0.5) is 0 Å². The molecule has 2 aromatic rings. The lowest BCUT2D eigenvalue weighted by molar-refractivity contribution is -0.374. The van der Waals surface area contributed by atoms with E-state index in [1.165, 1.54) is 0 Å². The zero-order chi connectivity index (χ0) is 15.1. The number of nitrogens with zero attached hydrogens (tertiary/aromatic N) is 1. The normalized spacial score (nSPS) is 11.2. The first-order valence-corrected chi connectivity index (χ1v) is 6.85. The maximum Gasteiger partial charge on any atom is 0.277 e. The SMILES string of the molecule is CCCOc1cccc(C=C(c2ccccc2)[N+](=O)[O-])c1. The highest BCUT2D eigenvalue weighted by molar-refractivity contribution is 5.76. The Morgan fingerprint density at radius 1 is 1.19 bits per heavy atom. The Morgan fingerprint density at radius 3 is 2.62 bits per heavy atom. The van der Waals surface area contributed by atoms with Crippen molar-refractivity contribution in [2.45, 2.75) is 13.3 Å². The topological polar surface area (TPSA) is 52.4 Å². The molecule has 0 aromatic heterocycles. The van der Waals surface area contributed by atoms with Gasteiger partial charge in [-0.15, -0.1) is 0 Å². The van der Waals surface area contributed by atoms with Crippen LogP contribution in [0.2, 0.25) is 0 Å². The first-order valence-electron chi connectivity index (χ1n) is 6.85. The predicted molar refractivity (Wildman–Crippen MR) is 83.5 cm³/mol. The quantitative estimate of drug-likeness (QED) is 0.452. The minimum absolute atomic E-state index is 0.0724. The first-order chi connectivity index (χ1) is 10.2. The lowest BCUT2D eigenvalue weighted by atomic mass is 10.1. The molecular formula is C17H17NO3. The number of benzene rings is 2. The average Bonchev–Trinajstić information content (AvgIpc) is 2.51. The second-order valence-corrected chi connectivity index (χ2v) is 4.57. The fourth-order valence-corrected chi connectivity index (χ4v) is 1.92. The van der Waals surface area contributed by atoms with Gasteiger partial charge in [0.05, 0.1) is 17.1 Å². The summed E-state index contributed by atoms with van der Waals surface area (Å²) in [5.41, 5.74) is 1.41. The Kier molecular flexibility index (Phi) is 5.10. The van der Waals surface area contributed by atoms with Gasteiger partial charge in [0.1, 0.15) is 5.75 Å². The molecule has 2 aromatic carbocycles. The van der Waals surface area contributed by atoms with Gasteiger partial charge in [-0.1, -0.05) is 37.3 Å². The second kappa shape index (κ2) is 7.24. The monoisotopic (exact) mass is 283 g/mol. The molecule has 0 heterocycles. The summed E-state index contributed by atoms with van der Waals surface area (Å²) in [5.74, 6) is 0.723. The van der Waals surface area contributed by atoms with Crippen LogP contribution >= 0.6 is 0 Å². The van der Waals surface area contributed by atoms with Gasteiger partial charge in [-0.3, -0.25) is 10.1 Å². The molecule has 4 heteroatoms. The summed E-state index contributed by atoms with van der Waals surface area (Å²) in [5, 5.41) is 11.3. The molecule has 0 aliphatic rings. The third kappa shape index (κ3) is 4.18. The van der Waals surface area contributed by atoms with Gasteiger partial charge >= 0.3 is 0 Å². The zero-order valence-corrected chi connectivity index (χ0v) is 11.9. The van der Waals surface area contributed by atoms with Crippen molar-refractivity contribution in [1.29, 1.82) is 0 Å². The lowest BCUT2D eigenvalue weighted by Gasteiger charge is -2.05. The van der Waals surface area contributed by atoms with E-state index < -0.39 is 0 Å². The fraction of sp³-hybridized carbons (Fsp3) is 0.176. The summed E-state index contributed by atoms with van der Waals surface area (Å²) >= 11 is 0. The van der Waals surface area contributed by atoms with Crippen LogP contribution < -0.4 is 4.74 Å². The van der Waals surface area contributed by atoms with Crippen LogP contribution in [-0.2, 0) is 0 Å². The molecule has 0 fully saturated rings. The third-order valence-corrected chi connectivity index (χ3v) is 2.90.